The number of carbonyl (C=O) groups excluding carboxylic acids is 1. The Kier molecular flexibility index (Phi) is 3.74. The van der Waals surface area contributed by atoms with Gasteiger partial charge in [0.15, 0.2) is 0 Å². The summed E-state index contributed by atoms with van der Waals surface area (Å²) in [4.78, 5) is 18.7. The van der Waals surface area contributed by atoms with Gasteiger partial charge in [-0.05, 0) is 48.6 Å². The van der Waals surface area contributed by atoms with Crippen LogP contribution in [-0.2, 0) is 17.8 Å². The standard InChI is InChI=1S/C18H20N2O/c1-13-11-14(9-10-19-13)12-20(2)18(21)17-8-7-15-5-3-4-6-16(15)17/h3-6,9-11,17H,7-8,12H2,1-2H3. The SMILES string of the molecule is Cc1cc(CN(C)C(=O)C2CCc3ccccc32)ccn1. The molecule has 1 atom stereocenters. The van der Waals surface area contributed by atoms with E-state index in [0.717, 1.165) is 24.1 Å². The van der Waals surface area contributed by atoms with Crippen LogP contribution in [0, 0.1) is 6.92 Å². The zero-order valence-electron chi connectivity index (χ0n) is 12.5. The summed E-state index contributed by atoms with van der Waals surface area (Å²) in [5.74, 6) is 0.239. The van der Waals surface area contributed by atoms with E-state index in [1.807, 2.05) is 37.1 Å². The number of benzene rings is 1. The van der Waals surface area contributed by atoms with Crippen molar-refractivity contribution in [3.05, 3.63) is 65.0 Å². The van der Waals surface area contributed by atoms with Gasteiger partial charge in [0.05, 0.1) is 5.92 Å². The van der Waals surface area contributed by atoms with Gasteiger partial charge in [0.2, 0.25) is 5.91 Å². The summed E-state index contributed by atoms with van der Waals surface area (Å²) in [5, 5.41) is 0. The van der Waals surface area contributed by atoms with Crippen LogP contribution in [0.15, 0.2) is 42.6 Å². The minimum absolute atomic E-state index is 0.0223. The maximum Gasteiger partial charge on any atom is 0.230 e. The Hall–Kier alpha value is -2.16. The molecular formula is C18H20N2O. The summed E-state index contributed by atoms with van der Waals surface area (Å²) >= 11 is 0. The van der Waals surface area contributed by atoms with Crippen LogP contribution in [0.4, 0.5) is 0 Å². The summed E-state index contributed by atoms with van der Waals surface area (Å²) in [5.41, 5.74) is 4.65. The fraction of sp³-hybridized carbons (Fsp3) is 0.333. The van der Waals surface area contributed by atoms with E-state index in [0.29, 0.717) is 6.54 Å². The summed E-state index contributed by atoms with van der Waals surface area (Å²) in [6.07, 6.45) is 3.74. The molecule has 0 radical (unpaired) electrons. The second-order valence-electron chi connectivity index (χ2n) is 5.79. The third-order valence-electron chi connectivity index (χ3n) is 4.19. The van der Waals surface area contributed by atoms with Crippen LogP contribution < -0.4 is 0 Å². The topological polar surface area (TPSA) is 33.2 Å². The van der Waals surface area contributed by atoms with Gasteiger partial charge in [0.1, 0.15) is 0 Å². The first-order chi connectivity index (χ1) is 10.1. The molecule has 1 unspecified atom stereocenters. The number of aryl methyl sites for hydroxylation is 2. The molecule has 1 aliphatic carbocycles. The van der Waals surface area contributed by atoms with Gasteiger partial charge in [-0.3, -0.25) is 9.78 Å². The van der Waals surface area contributed by atoms with Gasteiger partial charge >= 0.3 is 0 Å². The minimum atomic E-state index is 0.0223. The lowest BCUT2D eigenvalue weighted by Crippen LogP contribution is -2.30. The lowest BCUT2D eigenvalue weighted by Gasteiger charge is -2.22. The fourth-order valence-electron chi connectivity index (χ4n) is 3.13. The predicted octanol–water partition coefficient (Wildman–Crippen LogP) is 3.08. The highest BCUT2D eigenvalue weighted by atomic mass is 16.2. The van der Waals surface area contributed by atoms with Crippen molar-refractivity contribution in [2.45, 2.75) is 32.2 Å². The first kappa shape index (κ1) is 13.8. The smallest absolute Gasteiger partial charge is 0.230 e. The normalized spacial score (nSPS) is 16.6. The Bertz CT molecular complexity index is 666. The number of carbonyl (C=O) groups is 1. The molecule has 3 rings (SSSR count). The molecule has 3 nitrogen and oxygen atoms in total. The molecule has 108 valence electrons. The van der Waals surface area contributed by atoms with Gasteiger partial charge < -0.3 is 4.90 Å². The third kappa shape index (κ3) is 2.82. The second-order valence-corrected chi connectivity index (χ2v) is 5.79. The van der Waals surface area contributed by atoms with Gasteiger partial charge in [0, 0.05) is 25.5 Å². The molecule has 1 aromatic heterocycles. The molecule has 0 N–H and O–H groups in total. The lowest BCUT2D eigenvalue weighted by molar-refractivity contribution is -0.132. The van der Waals surface area contributed by atoms with Crippen LogP contribution in [0.2, 0.25) is 0 Å². The van der Waals surface area contributed by atoms with E-state index in [1.165, 1.54) is 11.1 Å². The molecule has 2 aromatic rings. The Balaban J connectivity index is 1.74. The lowest BCUT2D eigenvalue weighted by atomic mass is 10.00. The predicted molar refractivity (Wildman–Crippen MR) is 83.0 cm³/mol. The summed E-state index contributed by atoms with van der Waals surface area (Å²) < 4.78 is 0. The van der Waals surface area contributed by atoms with Gasteiger partial charge in [-0.15, -0.1) is 0 Å². The molecule has 0 saturated carbocycles. The fourth-order valence-corrected chi connectivity index (χ4v) is 3.13. The summed E-state index contributed by atoms with van der Waals surface area (Å²) in [7, 11) is 1.89. The maximum absolute atomic E-state index is 12.7. The number of hydrogen-bond donors (Lipinski definition) is 0. The molecule has 0 fully saturated rings. The minimum Gasteiger partial charge on any atom is -0.341 e. The molecule has 1 amide bonds. The summed E-state index contributed by atoms with van der Waals surface area (Å²) in [6.45, 7) is 2.61. The Labute approximate surface area is 125 Å². The van der Waals surface area contributed by atoms with E-state index in [1.54, 1.807) is 6.20 Å². The average molecular weight is 280 g/mol. The van der Waals surface area contributed by atoms with Gasteiger partial charge in [-0.2, -0.15) is 0 Å². The second kappa shape index (κ2) is 5.68. The molecule has 1 heterocycles. The van der Waals surface area contributed by atoms with Gasteiger partial charge in [-0.25, -0.2) is 0 Å². The molecule has 21 heavy (non-hydrogen) atoms. The van der Waals surface area contributed by atoms with Crippen molar-refractivity contribution >= 4 is 5.91 Å². The largest absolute Gasteiger partial charge is 0.341 e. The highest BCUT2D eigenvalue weighted by Gasteiger charge is 2.30. The van der Waals surface area contributed by atoms with Crippen molar-refractivity contribution < 1.29 is 4.79 Å². The molecule has 0 spiro atoms. The first-order valence-corrected chi connectivity index (χ1v) is 7.39. The molecule has 0 aliphatic heterocycles. The van der Waals surface area contributed by atoms with Gasteiger partial charge in [-0.1, -0.05) is 24.3 Å². The highest BCUT2D eigenvalue weighted by molar-refractivity contribution is 5.84. The molecule has 0 saturated heterocycles. The molecule has 3 heteroatoms. The zero-order chi connectivity index (χ0) is 14.8. The average Bonchev–Trinajstić information content (AvgIpc) is 2.90. The van der Waals surface area contributed by atoms with Crippen LogP contribution in [0.5, 0.6) is 0 Å². The van der Waals surface area contributed by atoms with Crippen molar-refractivity contribution in [3.8, 4) is 0 Å². The number of fused-ring (bicyclic) bond motifs is 1. The van der Waals surface area contributed by atoms with Crippen molar-refractivity contribution in [1.82, 2.24) is 9.88 Å². The van der Waals surface area contributed by atoms with E-state index in [2.05, 4.69) is 23.2 Å². The van der Waals surface area contributed by atoms with Crippen molar-refractivity contribution in [2.24, 2.45) is 0 Å². The number of likely N-dealkylation sites (N-methyl/N-ethyl adjacent to an activating group) is 1. The van der Waals surface area contributed by atoms with E-state index in [9.17, 15) is 4.79 Å². The Morgan fingerprint density at radius 2 is 2.14 bits per heavy atom. The summed E-state index contributed by atoms with van der Waals surface area (Å²) in [6, 6.07) is 12.3. The molecule has 0 bridgehead atoms. The van der Waals surface area contributed by atoms with E-state index < -0.39 is 0 Å². The van der Waals surface area contributed by atoms with Crippen LogP contribution >= 0.6 is 0 Å². The molecule has 1 aromatic carbocycles. The van der Waals surface area contributed by atoms with E-state index >= 15 is 0 Å². The van der Waals surface area contributed by atoms with Crippen LogP contribution in [0.25, 0.3) is 0 Å². The third-order valence-corrected chi connectivity index (χ3v) is 4.19. The molecule has 1 aliphatic rings. The highest BCUT2D eigenvalue weighted by Crippen LogP contribution is 2.34. The Morgan fingerprint density at radius 1 is 1.33 bits per heavy atom. The quantitative estimate of drug-likeness (QED) is 0.865. The number of aromatic nitrogens is 1. The molecular weight excluding hydrogens is 260 g/mol. The number of rotatable bonds is 3. The monoisotopic (exact) mass is 280 g/mol. The Morgan fingerprint density at radius 3 is 2.95 bits per heavy atom. The first-order valence-electron chi connectivity index (χ1n) is 7.39. The van der Waals surface area contributed by atoms with Crippen LogP contribution in [0.1, 0.15) is 34.7 Å². The van der Waals surface area contributed by atoms with E-state index in [4.69, 9.17) is 0 Å². The zero-order valence-corrected chi connectivity index (χ0v) is 12.5. The van der Waals surface area contributed by atoms with Crippen LogP contribution in [-0.4, -0.2) is 22.8 Å². The number of nitrogens with zero attached hydrogens (tertiary/aromatic N) is 2. The maximum atomic E-state index is 12.7. The van der Waals surface area contributed by atoms with Crippen molar-refractivity contribution in [2.75, 3.05) is 7.05 Å². The van der Waals surface area contributed by atoms with Crippen LogP contribution in [0.3, 0.4) is 0 Å². The van der Waals surface area contributed by atoms with E-state index in [-0.39, 0.29) is 11.8 Å². The van der Waals surface area contributed by atoms with Gasteiger partial charge in [0.25, 0.3) is 0 Å². The number of pyridine rings is 1. The van der Waals surface area contributed by atoms with Crippen molar-refractivity contribution in [1.29, 1.82) is 0 Å². The number of amides is 1. The number of hydrogen-bond acceptors (Lipinski definition) is 2. The van der Waals surface area contributed by atoms with Crippen molar-refractivity contribution in [3.63, 3.8) is 0 Å².